The second-order valence-corrected chi connectivity index (χ2v) is 4.79. The van der Waals surface area contributed by atoms with E-state index in [1.165, 1.54) is 5.56 Å². The van der Waals surface area contributed by atoms with Crippen molar-refractivity contribution in [2.75, 3.05) is 0 Å². The van der Waals surface area contributed by atoms with Gasteiger partial charge < -0.3 is 4.74 Å². The summed E-state index contributed by atoms with van der Waals surface area (Å²) < 4.78 is 5.75. The molecular weight excluding hydrogens is 232 g/mol. The topological polar surface area (TPSA) is 26.3 Å². The second kappa shape index (κ2) is 5.15. The smallest absolute Gasteiger partial charge is 0.150 e. The monoisotopic (exact) mass is 246 g/mol. The second-order valence-electron chi connectivity index (χ2n) is 4.01. The minimum Gasteiger partial charge on any atom is -0.489 e. The number of ether oxygens (including phenoxy) is 1. The van der Waals surface area contributed by atoms with Crippen molar-refractivity contribution in [2.24, 2.45) is 0 Å². The van der Waals surface area contributed by atoms with Gasteiger partial charge in [-0.1, -0.05) is 0 Å². The van der Waals surface area contributed by atoms with Crippen molar-refractivity contribution in [3.05, 3.63) is 51.2 Å². The number of hydrogen-bond donors (Lipinski definition) is 0. The maximum absolute atomic E-state index is 10.8. The van der Waals surface area contributed by atoms with Gasteiger partial charge in [0.15, 0.2) is 0 Å². The molecule has 1 aromatic heterocycles. The van der Waals surface area contributed by atoms with Gasteiger partial charge >= 0.3 is 0 Å². The molecule has 0 bridgehead atoms. The van der Waals surface area contributed by atoms with Crippen molar-refractivity contribution in [3.63, 3.8) is 0 Å². The lowest BCUT2D eigenvalue weighted by Gasteiger charge is -2.10. The van der Waals surface area contributed by atoms with Gasteiger partial charge in [0.2, 0.25) is 0 Å². The predicted octanol–water partition coefficient (Wildman–Crippen LogP) is 3.76. The summed E-state index contributed by atoms with van der Waals surface area (Å²) in [5, 5.41) is 4.11. The highest BCUT2D eigenvalue weighted by Crippen LogP contribution is 2.23. The van der Waals surface area contributed by atoms with Gasteiger partial charge in [0.05, 0.1) is 0 Å². The Labute approximate surface area is 105 Å². The third kappa shape index (κ3) is 2.74. The van der Waals surface area contributed by atoms with E-state index in [1.807, 2.05) is 37.4 Å². The Morgan fingerprint density at radius 3 is 2.76 bits per heavy atom. The molecule has 17 heavy (non-hydrogen) atoms. The van der Waals surface area contributed by atoms with Gasteiger partial charge in [0.1, 0.15) is 18.6 Å². The Morgan fingerprint density at radius 1 is 1.29 bits per heavy atom. The lowest BCUT2D eigenvalue weighted by Crippen LogP contribution is -1.98. The average Bonchev–Trinajstić information content (AvgIpc) is 2.82. The van der Waals surface area contributed by atoms with E-state index in [1.54, 1.807) is 11.3 Å². The van der Waals surface area contributed by atoms with Crippen molar-refractivity contribution < 1.29 is 9.53 Å². The fraction of sp³-hybridized carbons (Fsp3) is 0.214. The van der Waals surface area contributed by atoms with Crippen molar-refractivity contribution >= 4 is 17.6 Å². The normalized spacial score (nSPS) is 10.2. The van der Waals surface area contributed by atoms with Crippen LogP contribution in [0, 0.1) is 13.8 Å². The van der Waals surface area contributed by atoms with Gasteiger partial charge in [-0.25, -0.2) is 0 Å². The summed E-state index contributed by atoms with van der Waals surface area (Å²) >= 11 is 1.66. The van der Waals surface area contributed by atoms with Crippen LogP contribution < -0.4 is 4.74 Å². The van der Waals surface area contributed by atoms with Gasteiger partial charge in [-0.15, -0.1) is 0 Å². The third-order valence-corrected chi connectivity index (χ3v) is 3.40. The molecule has 0 amide bonds. The summed E-state index contributed by atoms with van der Waals surface area (Å²) in [6, 6.07) is 5.84. The molecule has 1 aromatic carbocycles. The van der Waals surface area contributed by atoms with E-state index in [0.29, 0.717) is 6.61 Å². The molecule has 1 heterocycles. The van der Waals surface area contributed by atoms with E-state index in [2.05, 4.69) is 5.38 Å². The number of benzene rings is 1. The molecule has 2 nitrogen and oxygen atoms in total. The molecule has 2 aromatic rings. The van der Waals surface area contributed by atoms with Crippen LogP contribution in [0.1, 0.15) is 27.0 Å². The number of carbonyl (C=O) groups is 1. The minimum atomic E-state index is 0.574. The van der Waals surface area contributed by atoms with Crippen LogP contribution in [-0.4, -0.2) is 6.29 Å². The molecule has 0 aliphatic carbocycles. The highest BCUT2D eigenvalue weighted by atomic mass is 32.1. The lowest BCUT2D eigenvalue weighted by molar-refractivity contribution is 0.112. The Kier molecular flexibility index (Phi) is 3.59. The standard InChI is InChI=1S/C14H14O2S/c1-10-6-14(11(2)5-13(10)7-15)16-8-12-3-4-17-9-12/h3-7,9H,8H2,1-2H3. The molecule has 0 spiro atoms. The van der Waals surface area contributed by atoms with E-state index >= 15 is 0 Å². The number of hydrogen-bond acceptors (Lipinski definition) is 3. The Balaban J connectivity index is 2.16. The number of thiophene rings is 1. The van der Waals surface area contributed by atoms with E-state index in [0.717, 1.165) is 28.7 Å². The molecule has 2 rings (SSSR count). The first-order chi connectivity index (χ1) is 8.20. The number of aldehydes is 1. The van der Waals surface area contributed by atoms with Gasteiger partial charge in [-0.3, -0.25) is 4.79 Å². The quantitative estimate of drug-likeness (QED) is 0.768. The first kappa shape index (κ1) is 11.9. The van der Waals surface area contributed by atoms with Crippen LogP contribution in [0.3, 0.4) is 0 Å². The molecule has 3 heteroatoms. The molecule has 0 aliphatic rings. The molecule has 0 saturated carbocycles. The Hall–Kier alpha value is -1.61. The largest absolute Gasteiger partial charge is 0.489 e. The summed E-state index contributed by atoms with van der Waals surface area (Å²) in [5.74, 6) is 0.847. The molecule has 0 N–H and O–H groups in total. The zero-order valence-electron chi connectivity index (χ0n) is 9.90. The molecule has 0 aliphatic heterocycles. The van der Waals surface area contributed by atoms with E-state index in [4.69, 9.17) is 4.74 Å². The minimum absolute atomic E-state index is 0.574. The molecule has 88 valence electrons. The van der Waals surface area contributed by atoms with Crippen LogP contribution in [0.25, 0.3) is 0 Å². The lowest BCUT2D eigenvalue weighted by atomic mass is 10.1. The summed E-state index contributed by atoms with van der Waals surface area (Å²) in [7, 11) is 0. The molecule has 0 atom stereocenters. The van der Waals surface area contributed by atoms with Gasteiger partial charge in [0, 0.05) is 5.56 Å². The van der Waals surface area contributed by atoms with Crippen LogP contribution in [0.15, 0.2) is 29.0 Å². The molecule has 0 radical (unpaired) electrons. The number of aryl methyl sites for hydroxylation is 2. The molecule has 0 fully saturated rings. The summed E-state index contributed by atoms with van der Waals surface area (Å²) in [5.41, 5.74) is 3.84. The predicted molar refractivity (Wildman–Crippen MR) is 70.0 cm³/mol. The number of carbonyl (C=O) groups excluding carboxylic acids is 1. The van der Waals surface area contributed by atoms with Crippen LogP contribution >= 0.6 is 11.3 Å². The van der Waals surface area contributed by atoms with E-state index in [-0.39, 0.29) is 0 Å². The summed E-state index contributed by atoms with van der Waals surface area (Å²) in [6.07, 6.45) is 0.880. The Bertz CT molecular complexity index is 515. The maximum Gasteiger partial charge on any atom is 0.150 e. The van der Waals surface area contributed by atoms with Crippen LogP contribution in [0.5, 0.6) is 5.75 Å². The van der Waals surface area contributed by atoms with Crippen molar-refractivity contribution in [1.82, 2.24) is 0 Å². The molecule has 0 unspecified atom stereocenters. The number of rotatable bonds is 4. The molecular formula is C14H14O2S. The zero-order valence-corrected chi connectivity index (χ0v) is 10.7. The zero-order chi connectivity index (χ0) is 12.3. The Morgan fingerprint density at radius 2 is 2.12 bits per heavy atom. The van der Waals surface area contributed by atoms with Gasteiger partial charge in [-0.2, -0.15) is 11.3 Å². The maximum atomic E-state index is 10.8. The SMILES string of the molecule is Cc1cc(OCc2ccsc2)c(C)cc1C=O. The van der Waals surface area contributed by atoms with Crippen LogP contribution in [-0.2, 0) is 6.61 Å². The summed E-state index contributed by atoms with van der Waals surface area (Å²) in [6.45, 7) is 4.44. The van der Waals surface area contributed by atoms with Crippen LogP contribution in [0.4, 0.5) is 0 Å². The fourth-order valence-electron chi connectivity index (χ4n) is 1.63. The van der Waals surface area contributed by atoms with Crippen LogP contribution in [0.2, 0.25) is 0 Å². The first-order valence-electron chi connectivity index (χ1n) is 5.41. The van der Waals surface area contributed by atoms with Crippen molar-refractivity contribution in [1.29, 1.82) is 0 Å². The summed E-state index contributed by atoms with van der Waals surface area (Å²) in [4.78, 5) is 10.8. The highest BCUT2D eigenvalue weighted by molar-refractivity contribution is 7.07. The van der Waals surface area contributed by atoms with Crippen molar-refractivity contribution in [2.45, 2.75) is 20.5 Å². The van der Waals surface area contributed by atoms with Gasteiger partial charge in [0.25, 0.3) is 0 Å². The van der Waals surface area contributed by atoms with Gasteiger partial charge in [-0.05, 0) is 59.5 Å². The first-order valence-corrected chi connectivity index (χ1v) is 6.35. The average molecular weight is 246 g/mol. The highest BCUT2D eigenvalue weighted by Gasteiger charge is 2.05. The van der Waals surface area contributed by atoms with Crippen molar-refractivity contribution in [3.8, 4) is 5.75 Å². The van der Waals surface area contributed by atoms with E-state index < -0.39 is 0 Å². The third-order valence-electron chi connectivity index (χ3n) is 2.67. The molecule has 0 saturated heterocycles. The van der Waals surface area contributed by atoms with E-state index in [9.17, 15) is 4.79 Å². The fourth-order valence-corrected chi connectivity index (χ4v) is 2.28.